The number of Topliss-reactive ketones (excluding diaryl/α,β-unsaturated/α-hetero) is 1. The Kier molecular flexibility index (Phi) is 3.70. The number of ketones is 1. The van der Waals surface area contributed by atoms with Gasteiger partial charge >= 0.3 is 11.4 Å². The van der Waals surface area contributed by atoms with E-state index in [2.05, 4.69) is 0 Å². The smallest absolute Gasteiger partial charge is 0.294 e. The van der Waals surface area contributed by atoms with Crippen molar-refractivity contribution in [3.05, 3.63) is 43.7 Å². The standard InChI is InChI=1S/C10H9FN2O5/c1-5(2)10(14)6-3-4-7(12(15)16)8(11)9(6)13(17)18/h3-5H,1-2H3. The summed E-state index contributed by atoms with van der Waals surface area (Å²) in [6.45, 7) is 2.98. The number of benzene rings is 1. The van der Waals surface area contributed by atoms with Gasteiger partial charge in [0.25, 0.3) is 5.82 Å². The van der Waals surface area contributed by atoms with Crippen molar-refractivity contribution in [2.45, 2.75) is 13.8 Å². The molecule has 1 aromatic carbocycles. The van der Waals surface area contributed by atoms with Crippen LogP contribution in [0.4, 0.5) is 15.8 Å². The van der Waals surface area contributed by atoms with E-state index >= 15 is 0 Å². The molecule has 1 rings (SSSR count). The molecule has 0 atom stereocenters. The van der Waals surface area contributed by atoms with Crippen molar-refractivity contribution in [1.82, 2.24) is 0 Å². The van der Waals surface area contributed by atoms with Gasteiger partial charge in [-0.25, -0.2) is 0 Å². The molecule has 0 saturated heterocycles. The fraction of sp³-hybridized carbons (Fsp3) is 0.300. The molecule has 0 heterocycles. The maximum Gasteiger partial charge on any atom is 0.322 e. The van der Waals surface area contributed by atoms with Crippen molar-refractivity contribution >= 4 is 17.2 Å². The molecule has 0 radical (unpaired) electrons. The molecule has 0 aliphatic rings. The third-order valence-corrected chi connectivity index (χ3v) is 2.26. The van der Waals surface area contributed by atoms with Crippen LogP contribution in [0.1, 0.15) is 24.2 Å². The lowest BCUT2D eigenvalue weighted by Crippen LogP contribution is -2.12. The zero-order valence-corrected chi connectivity index (χ0v) is 9.55. The molecule has 0 aliphatic heterocycles. The van der Waals surface area contributed by atoms with Gasteiger partial charge in [-0.2, -0.15) is 4.39 Å². The van der Waals surface area contributed by atoms with Crippen LogP contribution in [0.15, 0.2) is 12.1 Å². The van der Waals surface area contributed by atoms with Gasteiger partial charge in [-0.15, -0.1) is 0 Å². The van der Waals surface area contributed by atoms with Gasteiger partial charge in [-0.05, 0) is 6.07 Å². The Bertz CT molecular complexity index is 541. The summed E-state index contributed by atoms with van der Waals surface area (Å²) in [4.78, 5) is 30.7. The molecule has 0 amide bonds. The number of nitrogens with zero attached hydrogens (tertiary/aromatic N) is 2. The first-order chi connectivity index (χ1) is 8.27. The molecule has 1 aromatic rings. The van der Waals surface area contributed by atoms with Crippen molar-refractivity contribution in [2.24, 2.45) is 5.92 Å². The largest absolute Gasteiger partial charge is 0.322 e. The van der Waals surface area contributed by atoms with Gasteiger partial charge < -0.3 is 0 Å². The fourth-order valence-electron chi connectivity index (χ4n) is 1.38. The summed E-state index contributed by atoms with van der Waals surface area (Å²) >= 11 is 0. The Morgan fingerprint density at radius 2 is 1.78 bits per heavy atom. The van der Waals surface area contributed by atoms with Gasteiger partial charge in [0, 0.05) is 12.0 Å². The number of hydrogen-bond acceptors (Lipinski definition) is 5. The van der Waals surface area contributed by atoms with E-state index in [4.69, 9.17) is 0 Å². The first-order valence-electron chi connectivity index (χ1n) is 4.92. The zero-order chi connectivity index (χ0) is 14.0. The molecule has 0 bridgehead atoms. The minimum Gasteiger partial charge on any atom is -0.294 e. The van der Waals surface area contributed by atoms with E-state index in [9.17, 15) is 29.4 Å². The van der Waals surface area contributed by atoms with Crippen LogP contribution in [0.25, 0.3) is 0 Å². The van der Waals surface area contributed by atoms with Gasteiger partial charge in [0.2, 0.25) is 0 Å². The molecular formula is C10H9FN2O5. The first-order valence-corrected chi connectivity index (χ1v) is 4.92. The van der Waals surface area contributed by atoms with Crippen molar-refractivity contribution in [3.63, 3.8) is 0 Å². The lowest BCUT2D eigenvalue weighted by Gasteiger charge is -2.05. The Hall–Kier alpha value is -2.38. The van der Waals surface area contributed by atoms with E-state index in [-0.39, 0.29) is 0 Å². The molecule has 96 valence electrons. The molecule has 8 heteroatoms. The third-order valence-electron chi connectivity index (χ3n) is 2.26. The summed E-state index contributed by atoms with van der Waals surface area (Å²) in [7, 11) is 0. The highest BCUT2D eigenvalue weighted by molar-refractivity contribution is 6.01. The zero-order valence-electron chi connectivity index (χ0n) is 9.55. The second kappa shape index (κ2) is 4.86. The van der Waals surface area contributed by atoms with Crippen molar-refractivity contribution in [1.29, 1.82) is 0 Å². The highest BCUT2D eigenvalue weighted by Gasteiger charge is 2.32. The summed E-state index contributed by atoms with van der Waals surface area (Å²) in [5, 5.41) is 21.2. The monoisotopic (exact) mass is 256 g/mol. The van der Waals surface area contributed by atoms with E-state index in [1.165, 1.54) is 13.8 Å². The molecule has 0 spiro atoms. The number of rotatable bonds is 4. The van der Waals surface area contributed by atoms with Gasteiger partial charge in [0.05, 0.1) is 15.4 Å². The van der Waals surface area contributed by atoms with E-state index < -0.39 is 44.3 Å². The van der Waals surface area contributed by atoms with Gasteiger partial charge in [0.1, 0.15) is 0 Å². The molecular weight excluding hydrogens is 247 g/mol. The van der Waals surface area contributed by atoms with Gasteiger partial charge in [0.15, 0.2) is 5.78 Å². The Labute approximate surface area is 101 Å². The SMILES string of the molecule is CC(C)C(=O)c1ccc([N+](=O)[O-])c(F)c1[N+](=O)[O-]. The fourth-order valence-corrected chi connectivity index (χ4v) is 1.38. The summed E-state index contributed by atoms with van der Waals surface area (Å²) in [6, 6.07) is 1.65. The number of carbonyl (C=O) groups excluding carboxylic acids is 1. The van der Waals surface area contributed by atoms with Crippen molar-refractivity contribution in [2.75, 3.05) is 0 Å². The predicted molar refractivity (Wildman–Crippen MR) is 58.9 cm³/mol. The minimum absolute atomic E-state index is 0.460. The second-order valence-electron chi connectivity index (χ2n) is 3.83. The molecule has 0 saturated carbocycles. The lowest BCUT2D eigenvalue weighted by atomic mass is 9.99. The Morgan fingerprint density at radius 3 is 2.17 bits per heavy atom. The van der Waals surface area contributed by atoms with Crippen LogP contribution in [-0.2, 0) is 0 Å². The maximum absolute atomic E-state index is 13.6. The van der Waals surface area contributed by atoms with Crippen LogP contribution in [0, 0.1) is 32.0 Å². The number of carbonyl (C=O) groups is 1. The summed E-state index contributed by atoms with van der Waals surface area (Å²) in [6.07, 6.45) is 0. The third kappa shape index (κ3) is 2.31. The van der Waals surface area contributed by atoms with Gasteiger partial charge in [-0.1, -0.05) is 13.8 Å². The van der Waals surface area contributed by atoms with E-state index in [0.717, 1.165) is 12.1 Å². The predicted octanol–water partition coefficient (Wildman–Crippen LogP) is 2.48. The number of hydrogen-bond donors (Lipinski definition) is 0. The average molecular weight is 256 g/mol. The lowest BCUT2D eigenvalue weighted by molar-refractivity contribution is -0.399. The molecule has 18 heavy (non-hydrogen) atoms. The number of nitro benzene ring substituents is 2. The number of halogens is 1. The molecule has 0 N–H and O–H groups in total. The second-order valence-corrected chi connectivity index (χ2v) is 3.83. The van der Waals surface area contributed by atoms with Crippen LogP contribution in [0.5, 0.6) is 0 Å². The summed E-state index contributed by atoms with van der Waals surface area (Å²) in [5.41, 5.74) is -2.64. The van der Waals surface area contributed by atoms with Crippen LogP contribution in [-0.4, -0.2) is 15.6 Å². The molecule has 0 aromatic heterocycles. The highest BCUT2D eigenvalue weighted by atomic mass is 19.1. The van der Waals surface area contributed by atoms with Crippen LogP contribution in [0.3, 0.4) is 0 Å². The normalized spacial score (nSPS) is 10.4. The van der Waals surface area contributed by atoms with Crippen molar-refractivity contribution < 1.29 is 19.0 Å². The highest BCUT2D eigenvalue weighted by Crippen LogP contribution is 2.31. The molecule has 0 aliphatic carbocycles. The van der Waals surface area contributed by atoms with E-state index in [1.807, 2.05) is 0 Å². The quantitative estimate of drug-likeness (QED) is 0.467. The van der Waals surface area contributed by atoms with Crippen molar-refractivity contribution in [3.8, 4) is 0 Å². The molecule has 7 nitrogen and oxygen atoms in total. The van der Waals surface area contributed by atoms with E-state index in [0.29, 0.717) is 0 Å². The summed E-state index contributed by atoms with van der Waals surface area (Å²) < 4.78 is 13.6. The maximum atomic E-state index is 13.6. The number of nitro groups is 2. The summed E-state index contributed by atoms with van der Waals surface area (Å²) in [5.74, 6) is -2.82. The molecule has 0 unspecified atom stereocenters. The van der Waals surface area contributed by atoms with Crippen LogP contribution < -0.4 is 0 Å². The Balaban J connectivity index is 3.56. The topological polar surface area (TPSA) is 103 Å². The van der Waals surface area contributed by atoms with Crippen LogP contribution in [0.2, 0.25) is 0 Å². The first kappa shape index (κ1) is 13.7. The minimum atomic E-state index is -1.60. The van der Waals surface area contributed by atoms with E-state index in [1.54, 1.807) is 0 Å². The average Bonchev–Trinajstić information content (AvgIpc) is 2.26. The molecule has 0 fully saturated rings. The van der Waals surface area contributed by atoms with Gasteiger partial charge in [-0.3, -0.25) is 25.0 Å². The Morgan fingerprint density at radius 1 is 1.22 bits per heavy atom. The van der Waals surface area contributed by atoms with Crippen LogP contribution >= 0.6 is 0 Å².